The van der Waals surface area contributed by atoms with Gasteiger partial charge in [0.2, 0.25) is 0 Å². The minimum Gasteiger partial charge on any atom is -0.140 e. The summed E-state index contributed by atoms with van der Waals surface area (Å²) in [5.74, 6) is 0. The molecule has 0 atom stereocenters. The van der Waals surface area contributed by atoms with Crippen molar-refractivity contribution < 1.29 is 0 Å². The van der Waals surface area contributed by atoms with Crippen LogP contribution >= 0.6 is 69.7 Å². The van der Waals surface area contributed by atoms with Crippen molar-refractivity contribution in [2.75, 3.05) is 0 Å². The molecular formula is C19H16S6. The smallest absolute Gasteiger partial charge is 0.0530 e. The molecule has 0 nitrogen and oxygen atoms in total. The van der Waals surface area contributed by atoms with Crippen molar-refractivity contribution in [2.45, 2.75) is 20.3 Å². The molecule has 0 aliphatic carbocycles. The van der Waals surface area contributed by atoms with Gasteiger partial charge in [-0.1, -0.05) is 47.0 Å². The van der Waals surface area contributed by atoms with Gasteiger partial charge in [0.05, 0.1) is 8.47 Å². The summed E-state index contributed by atoms with van der Waals surface area (Å²) in [6, 6.07) is 9.14. The van der Waals surface area contributed by atoms with Gasteiger partial charge in [0.1, 0.15) is 0 Å². The predicted octanol–water partition coefficient (Wildman–Crippen LogP) is 8.68. The molecule has 2 aromatic heterocycles. The van der Waals surface area contributed by atoms with Gasteiger partial charge in [-0.3, -0.25) is 0 Å². The van der Waals surface area contributed by atoms with E-state index < -0.39 is 0 Å². The summed E-state index contributed by atoms with van der Waals surface area (Å²) in [6.07, 6.45) is 1.04. The van der Waals surface area contributed by atoms with E-state index in [-0.39, 0.29) is 0 Å². The van der Waals surface area contributed by atoms with E-state index >= 15 is 0 Å². The second-order valence-electron chi connectivity index (χ2n) is 5.55. The van der Waals surface area contributed by atoms with Gasteiger partial charge in [-0.15, -0.1) is 22.7 Å². The van der Waals surface area contributed by atoms with Crippen LogP contribution in [0.3, 0.4) is 0 Å². The quantitative estimate of drug-likeness (QED) is 0.470. The highest BCUT2D eigenvalue weighted by atomic mass is 32.2. The van der Waals surface area contributed by atoms with Crippen molar-refractivity contribution in [3.8, 4) is 0 Å². The lowest BCUT2D eigenvalue weighted by atomic mass is 10.2. The molecule has 0 aromatic carbocycles. The van der Waals surface area contributed by atoms with Crippen LogP contribution < -0.4 is 0 Å². The van der Waals surface area contributed by atoms with E-state index in [0.29, 0.717) is 0 Å². The van der Waals surface area contributed by atoms with E-state index in [2.05, 4.69) is 59.7 Å². The number of rotatable bonds is 4. The van der Waals surface area contributed by atoms with Crippen LogP contribution in [0.15, 0.2) is 54.4 Å². The average Bonchev–Trinajstić information content (AvgIpc) is 3.41. The number of thiophene rings is 2. The van der Waals surface area contributed by atoms with E-state index in [4.69, 9.17) is 0 Å². The van der Waals surface area contributed by atoms with Crippen LogP contribution in [0, 0.1) is 0 Å². The fourth-order valence-electron chi connectivity index (χ4n) is 2.49. The second kappa shape index (κ2) is 8.19. The maximum absolute atomic E-state index is 2.29. The monoisotopic (exact) mass is 436 g/mol. The fourth-order valence-corrected chi connectivity index (χ4v) is 8.56. The normalized spacial score (nSPS) is 16.2. The molecule has 0 saturated heterocycles. The van der Waals surface area contributed by atoms with Crippen LogP contribution in [-0.4, -0.2) is 0 Å². The summed E-state index contributed by atoms with van der Waals surface area (Å²) in [4.78, 5) is 5.68. The summed E-state index contributed by atoms with van der Waals surface area (Å²) >= 11 is 11.2. The molecule has 0 radical (unpaired) electrons. The number of allylic oxidation sites excluding steroid dienone is 2. The molecule has 0 bridgehead atoms. The zero-order valence-corrected chi connectivity index (χ0v) is 18.7. The van der Waals surface area contributed by atoms with E-state index in [1.165, 1.54) is 39.1 Å². The van der Waals surface area contributed by atoms with Crippen LogP contribution in [0.2, 0.25) is 0 Å². The Labute approximate surface area is 174 Å². The van der Waals surface area contributed by atoms with Crippen molar-refractivity contribution in [2.24, 2.45) is 0 Å². The molecule has 0 fully saturated rings. The zero-order chi connectivity index (χ0) is 17.2. The molecule has 0 saturated carbocycles. The lowest BCUT2D eigenvalue weighted by Crippen LogP contribution is -1.77. The maximum atomic E-state index is 2.29. The van der Waals surface area contributed by atoms with Gasteiger partial charge in [0.25, 0.3) is 0 Å². The lowest BCUT2D eigenvalue weighted by Gasteiger charge is -2.02. The summed E-state index contributed by atoms with van der Waals surface area (Å²) in [7, 11) is 0. The predicted molar refractivity (Wildman–Crippen MR) is 125 cm³/mol. The van der Waals surface area contributed by atoms with Gasteiger partial charge in [0, 0.05) is 25.9 Å². The van der Waals surface area contributed by atoms with Crippen LogP contribution in [0.25, 0.3) is 11.1 Å². The van der Waals surface area contributed by atoms with Gasteiger partial charge in [-0.25, -0.2) is 0 Å². The third-order valence-electron chi connectivity index (χ3n) is 3.83. The third-order valence-corrected chi connectivity index (χ3v) is 10.9. The highest BCUT2D eigenvalue weighted by molar-refractivity contribution is 8.28. The minimum atomic E-state index is 1.04. The van der Waals surface area contributed by atoms with Crippen molar-refractivity contribution in [3.05, 3.63) is 73.9 Å². The first-order valence-electron chi connectivity index (χ1n) is 7.77. The van der Waals surface area contributed by atoms with Crippen molar-refractivity contribution >= 4 is 80.9 Å². The van der Waals surface area contributed by atoms with Crippen molar-refractivity contribution in [1.82, 2.24) is 0 Å². The van der Waals surface area contributed by atoms with E-state index in [0.717, 1.165) is 6.42 Å². The third kappa shape index (κ3) is 4.20. The van der Waals surface area contributed by atoms with Crippen molar-refractivity contribution in [1.29, 1.82) is 0 Å². The van der Waals surface area contributed by atoms with Gasteiger partial charge in [0.15, 0.2) is 0 Å². The van der Waals surface area contributed by atoms with Crippen LogP contribution in [0.5, 0.6) is 0 Å². The summed E-state index contributed by atoms with van der Waals surface area (Å²) in [6.45, 7) is 4.48. The molecule has 0 unspecified atom stereocenters. The molecule has 0 amide bonds. The van der Waals surface area contributed by atoms with Gasteiger partial charge in [-0.2, -0.15) is 0 Å². The molecule has 4 rings (SSSR count). The first kappa shape index (κ1) is 18.1. The van der Waals surface area contributed by atoms with Crippen LogP contribution in [0.4, 0.5) is 0 Å². The number of hydrogen-bond donors (Lipinski definition) is 0. The average molecular weight is 437 g/mol. The Morgan fingerprint density at radius 2 is 1.04 bits per heavy atom. The molecule has 2 aliphatic heterocycles. The Bertz CT molecular complexity index is 812. The van der Waals surface area contributed by atoms with Crippen molar-refractivity contribution in [3.63, 3.8) is 0 Å². The van der Waals surface area contributed by atoms with Gasteiger partial charge in [-0.05, 0) is 70.9 Å². The summed E-state index contributed by atoms with van der Waals surface area (Å²) < 4.78 is 2.82. The highest BCUT2D eigenvalue weighted by Gasteiger charge is 2.13. The molecule has 25 heavy (non-hydrogen) atoms. The molecule has 0 spiro atoms. The summed E-state index contributed by atoms with van der Waals surface area (Å²) in [5.41, 5.74) is 2.82. The minimum absolute atomic E-state index is 1.04. The Balaban J connectivity index is 1.48. The summed E-state index contributed by atoms with van der Waals surface area (Å²) in [5, 5.41) is 8.66. The maximum Gasteiger partial charge on any atom is 0.0530 e. The SMILES string of the molecule is CC(=C1SC=CS1)c1ccc(Cc2ccc(C(C)=C3SC=CS3)s2)s1. The van der Waals surface area contributed by atoms with E-state index in [1.54, 1.807) is 0 Å². The molecule has 2 aliphatic rings. The van der Waals surface area contributed by atoms with Gasteiger partial charge < -0.3 is 0 Å². The standard InChI is InChI=1S/C19H16S6/c1-12(18-20-7-8-21-18)16-5-3-14(24-16)11-15-4-6-17(25-15)13(2)19-22-9-10-23-19/h3-10H,11H2,1-2H3. The van der Waals surface area contributed by atoms with Crippen LogP contribution in [-0.2, 0) is 6.42 Å². The molecule has 6 heteroatoms. The number of thioether (sulfide) groups is 4. The topological polar surface area (TPSA) is 0 Å². The Morgan fingerprint density at radius 1 is 0.640 bits per heavy atom. The second-order valence-corrected chi connectivity index (χ2v) is 12.1. The molecule has 4 heterocycles. The Hall–Kier alpha value is -0.240. The van der Waals surface area contributed by atoms with E-state index in [1.807, 2.05) is 69.7 Å². The van der Waals surface area contributed by atoms with E-state index in [9.17, 15) is 0 Å². The first-order chi connectivity index (χ1) is 12.2. The molecule has 0 N–H and O–H groups in total. The van der Waals surface area contributed by atoms with Gasteiger partial charge >= 0.3 is 0 Å². The highest BCUT2D eigenvalue weighted by Crippen LogP contribution is 2.45. The Morgan fingerprint density at radius 3 is 1.44 bits per heavy atom. The molecule has 128 valence electrons. The molecular weight excluding hydrogens is 421 g/mol. The Kier molecular flexibility index (Phi) is 5.94. The lowest BCUT2D eigenvalue weighted by molar-refractivity contribution is 1.31. The number of hydrogen-bond acceptors (Lipinski definition) is 6. The largest absolute Gasteiger partial charge is 0.140 e. The first-order valence-corrected chi connectivity index (χ1v) is 12.9. The zero-order valence-electron chi connectivity index (χ0n) is 13.8. The van der Waals surface area contributed by atoms with Crippen LogP contribution in [0.1, 0.15) is 33.4 Å². The molecule has 2 aromatic rings. The fraction of sp³-hybridized carbons (Fsp3) is 0.158.